The molecule has 1 heterocycles. The molecule has 0 radical (unpaired) electrons. The van der Waals surface area contributed by atoms with Crippen LogP contribution >= 0.6 is 11.5 Å². The lowest BCUT2D eigenvalue weighted by Crippen LogP contribution is -2.11. The summed E-state index contributed by atoms with van der Waals surface area (Å²) in [6.45, 7) is 1.95. The number of benzene rings is 1. The maximum Gasteiger partial charge on any atom is 0.185 e. The maximum atomic E-state index is 13.6. The molecular weight excluding hydrogens is 313 g/mol. The predicted molar refractivity (Wildman–Crippen MR) is 82.6 cm³/mol. The van der Waals surface area contributed by atoms with E-state index in [1.807, 2.05) is 0 Å². The van der Waals surface area contributed by atoms with E-state index in [4.69, 9.17) is 5.73 Å². The second-order valence-corrected chi connectivity index (χ2v) is 7.31. The Bertz CT molecular complexity index is 729. The summed E-state index contributed by atoms with van der Waals surface area (Å²) in [4.78, 5) is 0.0192. The molecule has 0 amide bonds. The first-order valence-corrected chi connectivity index (χ1v) is 8.83. The number of sulfone groups is 1. The van der Waals surface area contributed by atoms with Crippen LogP contribution in [-0.4, -0.2) is 18.5 Å². The summed E-state index contributed by atoms with van der Waals surface area (Å²) < 4.78 is 41.8. The molecule has 0 saturated carbocycles. The van der Waals surface area contributed by atoms with Gasteiger partial charge in [-0.1, -0.05) is 25.1 Å². The molecule has 0 atom stereocenters. The monoisotopic (exact) mass is 329 g/mol. The summed E-state index contributed by atoms with van der Waals surface area (Å²) in [5.74, 6) is -0.353. The number of nitrogens with zero attached hydrogens (tertiary/aromatic N) is 1. The number of hydrogen-bond donors (Lipinski definition) is 2. The largest absolute Gasteiger partial charge is 0.382 e. The third kappa shape index (κ3) is 3.51. The Morgan fingerprint density at radius 2 is 2.10 bits per heavy atom. The summed E-state index contributed by atoms with van der Waals surface area (Å²) in [6, 6.07) is 6.30. The fourth-order valence-electron chi connectivity index (χ4n) is 1.90. The van der Waals surface area contributed by atoms with Crippen molar-refractivity contribution in [1.82, 2.24) is 4.37 Å². The molecule has 21 heavy (non-hydrogen) atoms. The van der Waals surface area contributed by atoms with Gasteiger partial charge in [0.1, 0.15) is 15.7 Å². The molecule has 8 heteroatoms. The normalized spacial score (nSPS) is 11.5. The highest BCUT2D eigenvalue weighted by molar-refractivity contribution is 7.91. The van der Waals surface area contributed by atoms with Gasteiger partial charge in [0.2, 0.25) is 0 Å². The number of halogens is 1. The highest BCUT2D eigenvalue weighted by atomic mass is 32.2. The third-order valence-electron chi connectivity index (χ3n) is 2.86. The van der Waals surface area contributed by atoms with Crippen molar-refractivity contribution in [2.45, 2.75) is 24.8 Å². The minimum atomic E-state index is -3.48. The number of nitrogens with one attached hydrogen (secondary N) is 1. The first kappa shape index (κ1) is 15.7. The van der Waals surface area contributed by atoms with Crippen molar-refractivity contribution in [1.29, 1.82) is 0 Å². The second-order valence-electron chi connectivity index (χ2n) is 4.49. The standard InChI is InChI=1S/C13H16FN3O2S2/c1-2-7-21(18,19)11-12(15)17-20-13(11)16-8-9-5-3-4-6-10(9)14/h3-6,16H,2,7-8H2,1H3,(H2,15,17). The Morgan fingerprint density at radius 1 is 1.38 bits per heavy atom. The van der Waals surface area contributed by atoms with Gasteiger partial charge in [-0.25, -0.2) is 12.8 Å². The van der Waals surface area contributed by atoms with Crippen molar-refractivity contribution in [3.63, 3.8) is 0 Å². The van der Waals surface area contributed by atoms with E-state index in [1.165, 1.54) is 6.07 Å². The average molecular weight is 329 g/mol. The van der Waals surface area contributed by atoms with Crippen LogP contribution in [0.3, 0.4) is 0 Å². The van der Waals surface area contributed by atoms with Crippen LogP contribution in [0.1, 0.15) is 18.9 Å². The van der Waals surface area contributed by atoms with E-state index >= 15 is 0 Å². The Morgan fingerprint density at radius 3 is 2.76 bits per heavy atom. The van der Waals surface area contributed by atoms with Gasteiger partial charge >= 0.3 is 0 Å². The zero-order valence-electron chi connectivity index (χ0n) is 11.5. The molecule has 0 aliphatic heterocycles. The van der Waals surface area contributed by atoms with E-state index in [-0.39, 0.29) is 28.8 Å². The lowest BCUT2D eigenvalue weighted by atomic mass is 10.2. The van der Waals surface area contributed by atoms with E-state index in [2.05, 4.69) is 9.69 Å². The van der Waals surface area contributed by atoms with Crippen LogP contribution in [0, 0.1) is 5.82 Å². The second kappa shape index (κ2) is 6.40. The summed E-state index contributed by atoms with van der Waals surface area (Å²) in [6.07, 6.45) is 0.490. The first-order chi connectivity index (χ1) is 9.95. The van der Waals surface area contributed by atoms with Gasteiger partial charge in [-0.15, -0.1) is 0 Å². The van der Waals surface area contributed by atoms with Gasteiger partial charge in [-0.05, 0) is 24.0 Å². The average Bonchev–Trinajstić information content (AvgIpc) is 2.80. The molecule has 0 fully saturated rings. The number of hydrogen-bond acceptors (Lipinski definition) is 6. The van der Waals surface area contributed by atoms with E-state index in [1.54, 1.807) is 25.1 Å². The van der Waals surface area contributed by atoms with Crippen LogP contribution < -0.4 is 11.1 Å². The molecule has 0 aliphatic carbocycles. The van der Waals surface area contributed by atoms with E-state index in [9.17, 15) is 12.8 Å². The fraction of sp³-hybridized carbons (Fsp3) is 0.308. The van der Waals surface area contributed by atoms with Crippen molar-refractivity contribution in [3.05, 3.63) is 35.6 Å². The van der Waals surface area contributed by atoms with E-state index in [0.29, 0.717) is 17.0 Å². The Balaban J connectivity index is 2.25. The highest BCUT2D eigenvalue weighted by Gasteiger charge is 2.24. The van der Waals surface area contributed by atoms with Gasteiger partial charge in [-0.2, -0.15) is 4.37 Å². The number of nitrogens with two attached hydrogens (primary N) is 1. The molecule has 0 unspecified atom stereocenters. The smallest absolute Gasteiger partial charge is 0.185 e. The van der Waals surface area contributed by atoms with Crippen molar-refractivity contribution in [3.8, 4) is 0 Å². The molecule has 0 saturated heterocycles. The van der Waals surface area contributed by atoms with E-state index < -0.39 is 9.84 Å². The molecule has 5 nitrogen and oxygen atoms in total. The van der Waals surface area contributed by atoms with Crippen LogP contribution in [0.2, 0.25) is 0 Å². The molecular formula is C13H16FN3O2S2. The Hall–Kier alpha value is -1.67. The molecule has 0 spiro atoms. The zero-order chi connectivity index (χ0) is 15.5. The summed E-state index contributed by atoms with van der Waals surface area (Å²) in [5.41, 5.74) is 6.11. The van der Waals surface area contributed by atoms with Crippen LogP contribution in [0.4, 0.5) is 15.2 Å². The third-order valence-corrected chi connectivity index (χ3v) is 5.78. The van der Waals surface area contributed by atoms with Gasteiger partial charge in [0.05, 0.1) is 5.75 Å². The SMILES string of the molecule is CCCS(=O)(=O)c1c(N)nsc1NCc1ccccc1F. The molecule has 2 rings (SSSR count). The maximum absolute atomic E-state index is 13.6. The lowest BCUT2D eigenvalue weighted by molar-refractivity contribution is 0.595. The number of aromatic nitrogens is 1. The van der Waals surface area contributed by atoms with Crippen LogP contribution in [0.15, 0.2) is 29.2 Å². The van der Waals surface area contributed by atoms with Gasteiger partial charge in [0, 0.05) is 12.1 Å². The highest BCUT2D eigenvalue weighted by Crippen LogP contribution is 2.33. The summed E-state index contributed by atoms with van der Waals surface area (Å²) in [5, 5.41) is 3.26. The number of nitrogen functional groups attached to an aromatic ring is 1. The molecule has 1 aromatic carbocycles. The first-order valence-electron chi connectivity index (χ1n) is 6.41. The molecule has 2 aromatic rings. The van der Waals surface area contributed by atoms with Gasteiger partial charge in [0.25, 0.3) is 0 Å². The quantitative estimate of drug-likeness (QED) is 0.851. The predicted octanol–water partition coefficient (Wildman–Crippen LogP) is 2.66. The van der Waals surface area contributed by atoms with Crippen molar-refractivity contribution < 1.29 is 12.8 Å². The number of rotatable bonds is 6. The molecule has 114 valence electrons. The van der Waals surface area contributed by atoms with Crippen LogP contribution in [-0.2, 0) is 16.4 Å². The lowest BCUT2D eigenvalue weighted by Gasteiger charge is -2.08. The van der Waals surface area contributed by atoms with Crippen molar-refractivity contribution in [2.24, 2.45) is 0 Å². The van der Waals surface area contributed by atoms with Gasteiger partial charge in [-0.3, -0.25) is 0 Å². The Labute approximate surface area is 127 Å². The summed E-state index contributed by atoms with van der Waals surface area (Å²) in [7, 11) is -3.48. The van der Waals surface area contributed by atoms with E-state index in [0.717, 1.165) is 11.5 Å². The zero-order valence-corrected chi connectivity index (χ0v) is 13.1. The molecule has 0 bridgehead atoms. The van der Waals surface area contributed by atoms with Gasteiger partial charge < -0.3 is 11.1 Å². The molecule has 1 aromatic heterocycles. The van der Waals surface area contributed by atoms with Crippen molar-refractivity contribution >= 4 is 32.2 Å². The molecule has 3 N–H and O–H groups in total. The topological polar surface area (TPSA) is 85.1 Å². The fourth-order valence-corrected chi connectivity index (χ4v) is 4.51. The van der Waals surface area contributed by atoms with Crippen LogP contribution in [0.25, 0.3) is 0 Å². The Kier molecular flexibility index (Phi) is 4.79. The minimum absolute atomic E-state index is 0.00396. The minimum Gasteiger partial charge on any atom is -0.382 e. The summed E-state index contributed by atoms with van der Waals surface area (Å²) >= 11 is 0.966. The molecule has 0 aliphatic rings. The number of anilines is 2. The van der Waals surface area contributed by atoms with Crippen LogP contribution in [0.5, 0.6) is 0 Å². The van der Waals surface area contributed by atoms with Gasteiger partial charge in [0.15, 0.2) is 15.7 Å². The van der Waals surface area contributed by atoms with Crippen molar-refractivity contribution in [2.75, 3.05) is 16.8 Å².